The van der Waals surface area contributed by atoms with E-state index in [2.05, 4.69) is 91.0 Å². The molecule has 230 valence electrons. The molecule has 0 saturated heterocycles. The fourth-order valence-electron chi connectivity index (χ4n) is 4.88. The molecule has 6 rings (SSSR count). The molecule has 2 N–H and O–H groups in total. The molecular formula is C37H35BiO7. The van der Waals surface area contributed by atoms with Gasteiger partial charge in [0.25, 0.3) is 11.9 Å². The van der Waals surface area contributed by atoms with Crippen molar-refractivity contribution < 1.29 is 34.0 Å². The Morgan fingerprint density at radius 2 is 0.667 bits per heavy atom. The van der Waals surface area contributed by atoms with E-state index in [0.717, 1.165) is 31.1 Å². The summed E-state index contributed by atoms with van der Waals surface area (Å²) in [4.78, 5) is 18.0. The number of hydrogen-bond acceptors (Lipinski definition) is 5. The number of carboxylic acids is 2. The molecule has 6 aromatic rings. The second kappa shape index (κ2) is 15.4. The van der Waals surface area contributed by atoms with Gasteiger partial charge in [0, 0.05) is 13.8 Å². The van der Waals surface area contributed by atoms with Gasteiger partial charge in [0.05, 0.1) is 0 Å². The molecule has 0 heterocycles. The molecule has 0 radical (unpaired) electrons. The van der Waals surface area contributed by atoms with E-state index >= 15 is 0 Å². The molecule has 0 aliphatic heterocycles. The number of carboxylic acid groups (broad SMARTS) is 2. The fraction of sp³-hybridized carbons (Fsp3) is 0.135. The zero-order valence-electron chi connectivity index (χ0n) is 25.8. The van der Waals surface area contributed by atoms with Gasteiger partial charge in [-0.2, -0.15) is 0 Å². The van der Waals surface area contributed by atoms with Crippen LogP contribution in [0.15, 0.2) is 109 Å². The van der Waals surface area contributed by atoms with E-state index in [1.54, 1.807) is 21.3 Å². The first-order valence-corrected chi connectivity index (χ1v) is 19.3. The van der Waals surface area contributed by atoms with Crippen molar-refractivity contribution in [3.05, 3.63) is 109 Å². The maximum atomic E-state index is 9.00. The van der Waals surface area contributed by atoms with Gasteiger partial charge in [0.1, 0.15) is 0 Å². The molecular weight excluding hydrogens is 765 g/mol. The second-order valence-electron chi connectivity index (χ2n) is 10.1. The van der Waals surface area contributed by atoms with Crippen molar-refractivity contribution >= 4 is 75.8 Å². The van der Waals surface area contributed by atoms with E-state index in [9.17, 15) is 0 Å². The number of fused-ring (bicyclic) bond motifs is 3. The maximum absolute atomic E-state index is 9.00. The van der Waals surface area contributed by atoms with Gasteiger partial charge in [-0.3, -0.25) is 9.59 Å². The van der Waals surface area contributed by atoms with Gasteiger partial charge in [-0.15, -0.1) is 0 Å². The topological polar surface area (TPSA) is 102 Å². The molecule has 7 nitrogen and oxygen atoms in total. The van der Waals surface area contributed by atoms with Crippen LogP contribution in [0.3, 0.4) is 0 Å². The van der Waals surface area contributed by atoms with Crippen molar-refractivity contribution in [2.45, 2.75) is 13.8 Å². The number of aliphatic carboxylic acids is 2. The summed E-state index contributed by atoms with van der Waals surface area (Å²) in [6.45, 7) is 2.17. The van der Waals surface area contributed by atoms with E-state index in [1.165, 1.54) is 42.1 Å². The first-order chi connectivity index (χ1) is 21.6. The number of methoxy groups -OCH3 is 3. The Balaban J connectivity index is 0.000000518. The predicted octanol–water partition coefficient (Wildman–Crippen LogP) is 5.87. The van der Waals surface area contributed by atoms with Crippen molar-refractivity contribution in [3.63, 3.8) is 0 Å². The van der Waals surface area contributed by atoms with Crippen LogP contribution < -0.4 is 24.0 Å². The van der Waals surface area contributed by atoms with Crippen LogP contribution in [0.25, 0.3) is 32.3 Å². The number of rotatable bonds is 6. The molecule has 0 aromatic heterocycles. The van der Waals surface area contributed by atoms with Crippen molar-refractivity contribution in [1.29, 1.82) is 0 Å². The van der Waals surface area contributed by atoms with Gasteiger partial charge in [0.2, 0.25) is 0 Å². The van der Waals surface area contributed by atoms with Crippen LogP contribution in [-0.2, 0) is 9.59 Å². The van der Waals surface area contributed by atoms with Crippen molar-refractivity contribution in [2.24, 2.45) is 0 Å². The van der Waals surface area contributed by atoms with Gasteiger partial charge >= 0.3 is 226 Å². The number of carbonyl (C=O) groups is 2. The third kappa shape index (κ3) is 8.71. The molecule has 0 unspecified atom stereocenters. The Labute approximate surface area is 270 Å². The third-order valence-electron chi connectivity index (χ3n) is 6.87. The SMILES string of the molecule is CC(=O)O.CC(=O)O.COc1ccc2c[c]([Bi]([c]3ccc4cc(OC)ccc4c3)[c]3ccc4cc(OC)ccc4c3)ccc2c1. The second-order valence-corrected chi connectivity index (χ2v) is 18.7. The van der Waals surface area contributed by atoms with Gasteiger partial charge < -0.3 is 10.2 Å². The Kier molecular flexibility index (Phi) is 11.3. The van der Waals surface area contributed by atoms with Crippen molar-refractivity contribution in [2.75, 3.05) is 21.3 Å². The summed E-state index contributed by atoms with van der Waals surface area (Å²) in [6.07, 6.45) is 0. The van der Waals surface area contributed by atoms with Gasteiger partial charge in [-0.05, 0) is 0 Å². The fourth-order valence-corrected chi connectivity index (χ4v) is 14.1. The minimum absolute atomic E-state index is 0.833. The predicted molar refractivity (Wildman–Crippen MR) is 183 cm³/mol. The summed E-state index contributed by atoms with van der Waals surface area (Å²) in [6, 6.07) is 39.8. The number of ether oxygens (including phenoxy) is 3. The molecule has 0 aliphatic rings. The Bertz CT molecular complexity index is 1740. The van der Waals surface area contributed by atoms with Crippen LogP contribution in [0.5, 0.6) is 17.2 Å². The number of benzene rings is 6. The summed E-state index contributed by atoms with van der Waals surface area (Å²) >= 11 is -2.65. The van der Waals surface area contributed by atoms with Crippen LogP contribution in [0.4, 0.5) is 0 Å². The molecule has 6 aromatic carbocycles. The number of hydrogen-bond donors (Lipinski definition) is 2. The monoisotopic (exact) mass is 800 g/mol. The van der Waals surface area contributed by atoms with Crippen LogP contribution in [0.1, 0.15) is 13.8 Å². The Morgan fingerprint density at radius 3 is 0.911 bits per heavy atom. The zero-order chi connectivity index (χ0) is 32.5. The summed E-state index contributed by atoms with van der Waals surface area (Å²) in [7, 11) is 5.14. The molecule has 0 fully saturated rings. The third-order valence-corrected chi connectivity index (χ3v) is 16.1. The summed E-state index contributed by atoms with van der Waals surface area (Å²) in [5, 5.41) is 22.2. The molecule has 0 bridgehead atoms. The summed E-state index contributed by atoms with van der Waals surface area (Å²) in [5.41, 5.74) is 0. The van der Waals surface area contributed by atoms with Gasteiger partial charge in [0.15, 0.2) is 0 Å². The quantitative estimate of drug-likeness (QED) is 0.204. The van der Waals surface area contributed by atoms with Gasteiger partial charge in [-0.25, -0.2) is 0 Å². The van der Waals surface area contributed by atoms with Crippen molar-refractivity contribution in [3.8, 4) is 17.2 Å². The Morgan fingerprint density at radius 1 is 0.444 bits per heavy atom. The molecule has 0 atom stereocenters. The van der Waals surface area contributed by atoms with E-state index in [0.29, 0.717) is 0 Å². The van der Waals surface area contributed by atoms with E-state index < -0.39 is 33.7 Å². The molecule has 45 heavy (non-hydrogen) atoms. The average molecular weight is 801 g/mol. The average Bonchev–Trinajstić information content (AvgIpc) is 3.03. The van der Waals surface area contributed by atoms with E-state index in [1.807, 2.05) is 18.2 Å². The van der Waals surface area contributed by atoms with Crippen LogP contribution in [-0.4, -0.2) is 65.2 Å². The summed E-state index contributed by atoms with van der Waals surface area (Å²) < 4.78 is 20.7. The molecule has 0 spiro atoms. The van der Waals surface area contributed by atoms with Crippen LogP contribution >= 0.6 is 0 Å². The minimum atomic E-state index is -2.65. The summed E-state index contributed by atoms with van der Waals surface area (Å²) in [5.74, 6) is 0.985. The molecule has 8 heteroatoms. The Hall–Kier alpha value is -4.68. The van der Waals surface area contributed by atoms with Gasteiger partial charge in [-0.1, -0.05) is 0 Å². The first kappa shape index (κ1) is 33.2. The zero-order valence-corrected chi connectivity index (χ0v) is 29.3. The van der Waals surface area contributed by atoms with E-state index in [4.69, 9.17) is 34.0 Å². The van der Waals surface area contributed by atoms with Crippen LogP contribution in [0, 0.1) is 0 Å². The van der Waals surface area contributed by atoms with E-state index in [-0.39, 0.29) is 0 Å². The molecule has 0 saturated carbocycles. The van der Waals surface area contributed by atoms with Crippen LogP contribution in [0.2, 0.25) is 0 Å². The first-order valence-electron chi connectivity index (χ1n) is 14.0. The standard InChI is InChI=1S/3C11H9O.2C2H4O2.Bi/c3*1-12-11-7-6-9-4-2-3-5-10(9)8-11;2*1-2(3)4;/h3*3-8H,1H3;2*1H3,(H,3,4);. The molecule has 0 aliphatic carbocycles. The van der Waals surface area contributed by atoms with Crippen molar-refractivity contribution in [1.82, 2.24) is 0 Å². The molecule has 0 amide bonds. The normalized spacial score (nSPS) is 10.4.